The number of piperidine rings is 1. The summed E-state index contributed by atoms with van der Waals surface area (Å²) in [6, 6.07) is 10.6. The zero-order chi connectivity index (χ0) is 14.5. The number of rotatable bonds is 4. The molecule has 1 fully saturated rings. The molecule has 2 N–H and O–H groups in total. The van der Waals surface area contributed by atoms with Gasteiger partial charge in [0.2, 0.25) is 5.82 Å². The third-order valence-electron chi connectivity index (χ3n) is 3.72. The molecule has 2 heterocycles. The van der Waals surface area contributed by atoms with E-state index in [1.54, 1.807) is 0 Å². The third-order valence-corrected chi connectivity index (χ3v) is 3.72. The van der Waals surface area contributed by atoms with Gasteiger partial charge in [-0.1, -0.05) is 30.3 Å². The fourth-order valence-electron chi connectivity index (χ4n) is 2.73. The highest BCUT2D eigenvalue weighted by molar-refractivity contribution is 5.90. The Morgan fingerprint density at radius 1 is 1.38 bits per heavy atom. The number of carbonyl (C=O) groups is 1. The molecule has 0 saturated carbocycles. The summed E-state index contributed by atoms with van der Waals surface area (Å²) in [4.78, 5) is 18.2. The standard InChI is InChI=1S/C15H19N5O/c21-15(14-16-11-17-19-14)18-13-7-4-8-20(10-13)9-12-5-2-1-3-6-12/h1-3,5-6,11,13H,4,7-10H2,(H,18,21)(H,16,17,19). The van der Waals surface area contributed by atoms with Crippen molar-refractivity contribution >= 4 is 5.91 Å². The van der Waals surface area contributed by atoms with E-state index in [1.165, 1.54) is 11.9 Å². The fraction of sp³-hybridized carbons (Fsp3) is 0.400. The molecular weight excluding hydrogens is 266 g/mol. The predicted molar refractivity (Wildman–Crippen MR) is 78.6 cm³/mol. The minimum absolute atomic E-state index is 0.167. The van der Waals surface area contributed by atoms with Gasteiger partial charge >= 0.3 is 0 Å². The Bertz CT molecular complexity index is 569. The molecule has 21 heavy (non-hydrogen) atoms. The lowest BCUT2D eigenvalue weighted by Crippen LogP contribution is -2.47. The lowest BCUT2D eigenvalue weighted by atomic mass is 10.0. The minimum Gasteiger partial charge on any atom is -0.345 e. The number of nitrogens with one attached hydrogen (secondary N) is 2. The van der Waals surface area contributed by atoms with E-state index in [0.717, 1.165) is 32.5 Å². The number of hydrogen-bond donors (Lipinski definition) is 2. The molecule has 1 amide bonds. The largest absolute Gasteiger partial charge is 0.345 e. The Labute approximate surface area is 123 Å². The molecule has 2 aromatic rings. The van der Waals surface area contributed by atoms with E-state index in [9.17, 15) is 4.79 Å². The van der Waals surface area contributed by atoms with Crippen LogP contribution in [0.1, 0.15) is 29.0 Å². The smallest absolute Gasteiger partial charge is 0.288 e. The van der Waals surface area contributed by atoms with Crippen LogP contribution in [0.3, 0.4) is 0 Å². The summed E-state index contributed by atoms with van der Waals surface area (Å²) >= 11 is 0. The maximum absolute atomic E-state index is 12.0. The zero-order valence-corrected chi connectivity index (χ0v) is 11.8. The average molecular weight is 285 g/mol. The molecule has 1 atom stereocenters. The minimum atomic E-state index is -0.181. The number of benzene rings is 1. The molecule has 1 aromatic heterocycles. The number of aromatic nitrogens is 3. The molecule has 1 unspecified atom stereocenters. The van der Waals surface area contributed by atoms with E-state index < -0.39 is 0 Å². The van der Waals surface area contributed by atoms with Crippen LogP contribution in [0.4, 0.5) is 0 Å². The van der Waals surface area contributed by atoms with E-state index >= 15 is 0 Å². The summed E-state index contributed by atoms with van der Waals surface area (Å²) in [5.74, 6) is 0.0919. The lowest BCUT2D eigenvalue weighted by Gasteiger charge is -2.33. The van der Waals surface area contributed by atoms with Crippen LogP contribution in [0.2, 0.25) is 0 Å². The van der Waals surface area contributed by atoms with E-state index in [4.69, 9.17) is 0 Å². The van der Waals surface area contributed by atoms with Gasteiger partial charge in [-0.3, -0.25) is 14.8 Å². The van der Waals surface area contributed by atoms with E-state index in [2.05, 4.69) is 49.7 Å². The Balaban J connectivity index is 1.55. The summed E-state index contributed by atoms with van der Waals surface area (Å²) < 4.78 is 0. The summed E-state index contributed by atoms with van der Waals surface area (Å²) in [5, 5.41) is 9.31. The van der Waals surface area contributed by atoms with Crippen LogP contribution >= 0.6 is 0 Å². The van der Waals surface area contributed by atoms with Gasteiger partial charge in [0.1, 0.15) is 6.33 Å². The van der Waals surface area contributed by atoms with Gasteiger partial charge in [-0.15, -0.1) is 0 Å². The van der Waals surface area contributed by atoms with Crippen LogP contribution in [0, 0.1) is 0 Å². The number of carbonyl (C=O) groups excluding carboxylic acids is 1. The Morgan fingerprint density at radius 3 is 3.00 bits per heavy atom. The van der Waals surface area contributed by atoms with Gasteiger partial charge in [-0.25, -0.2) is 4.98 Å². The summed E-state index contributed by atoms with van der Waals surface area (Å²) in [6.45, 7) is 2.87. The van der Waals surface area contributed by atoms with Crippen LogP contribution in [0.5, 0.6) is 0 Å². The maximum atomic E-state index is 12.0. The molecule has 0 radical (unpaired) electrons. The molecule has 1 saturated heterocycles. The SMILES string of the molecule is O=C(NC1CCCN(Cc2ccccc2)C1)c1ncn[nH]1. The number of amides is 1. The average Bonchev–Trinajstić information content (AvgIpc) is 3.03. The van der Waals surface area contributed by atoms with Crippen LogP contribution in [-0.2, 0) is 6.54 Å². The van der Waals surface area contributed by atoms with Crippen LogP contribution in [0.25, 0.3) is 0 Å². The first-order valence-electron chi connectivity index (χ1n) is 7.24. The lowest BCUT2D eigenvalue weighted by molar-refractivity contribution is 0.0890. The third kappa shape index (κ3) is 3.66. The van der Waals surface area contributed by atoms with E-state index in [0.29, 0.717) is 0 Å². The fourth-order valence-corrected chi connectivity index (χ4v) is 2.73. The molecule has 1 aromatic carbocycles. The second kappa shape index (κ2) is 6.49. The summed E-state index contributed by atoms with van der Waals surface area (Å²) in [5.41, 5.74) is 1.31. The van der Waals surface area contributed by atoms with Crippen molar-refractivity contribution in [1.29, 1.82) is 0 Å². The van der Waals surface area contributed by atoms with Gasteiger partial charge in [-0.2, -0.15) is 5.10 Å². The van der Waals surface area contributed by atoms with Crippen molar-refractivity contribution in [2.45, 2.75) is 25.4 Å². The Hall–Kier alpha value is -2.21. The topological polar surface area (TPSA) is 73.9 Å². The number of aromatic amines is 1. The van der Waals surface area contributed by atoms with Gasteiger partial charge < -0.3 is 5.32 Å². The molecule has 1 aliphatic rings. The summed E-state index contributed by atoms with van der Waals surface area (Å²) in [7, 11) is 0. The first-order chi connectivity index (χ1) is 10.3. The van der Waals surface area contributed by atoms with Gasteiger partial charge in [0.05, 0.1) is 0 Å². The van der Waals surface area contributed by atoms with Gasteiger partial charge in [0, 0.05) is 19.1 Å². The Morgan fingerprint density at radius 2 is 2.24 bits per heavy atom. The monoisotopic (exact) mass is 285 g/mol. The van der Waals surface area contributed by atoms with Crippen molar-refractivity contribution in [2.24, 2.45) is 0 Å². The molecule has 6 heteroatoms. The van der Waals surface area contributed by atoms with Crippen molar-refractivity contribution in [3.05, 3.63) is 48.0 Å². The number of H-pyrrole nitrogens is 1. The molecule has 1 aliphatic heterocycles. The quantitative estimate of drug-likeness (QED) is 0.885. The van der Waals surface area contributed by atoms with Crippen LogP contribution in [0.15, 0.2) is 36.7 Å². The molecule has 110 valence electrons. The molecule has 0 bridgehead atoms. The first kappa shape index (κ1) is 13.8. The van der Waals surface area contributed by atoms with Gasteiger partial charge in [0.15, 0.2) is 0 Å². The van der Waals surface area contributed by atoms with E-state index in [1.807, 2.05) is 6.07 Å². The Kier molecular flexibility index (Phi) is 4.25. The second-order valence-electron chi connectivity index (χ2n) is 5.37. The maximum Gasteiger partial charge on any atom is 0.288 e. The van der Waals surface area contributed by atoms with Crippen molar-refractivity contribution in [3.8, 4) is 0 Å². The molecule has 6 nitrogen and oxygen atoms in total. The molecule has 3 rings (SSSR count). The molecular formula is C15H19N5O. The highest BCUT2D eigenvalue weighted by atomic mass is 16.2. The van der Waals surface area contributed by atoms with Gasteiger partial charge in [-0.05, 0) is 24.9 Å². The highest BCUT2D eigenvalue weighted by Crippen LogP contribution is 2.14. The van der Waals surface area contributed by atoms with Gasteiger partial charge in [0.25, 0.3) is 5.91 Å². The van der Waals surface area contributed by atoms with Crippen molar-refractivity contribution in [3.63, 3.8) is 0 Å². The second-order valence-corrected chi connectivity index (χ2v) is 5.37. The number of likely N-dealkylation sites (tertiary alicyclic amines) is 1. The number of nitrogens with zero attached hydrogens (tertiary/aromatic N) is 3. The predicted octanol–water partition coefficient (Wildman–Crippen LogP) is 1.20. The van der Waals surface area contributed by atoms with Crippen LogP contribution < -0.4 is 5.32 Å². The first-order valence-corrected chi connectivity index (χ1v) is 7.24. The highest BCUT2D eigenvalue weighted by Gasteiger charge is 2.22. The molecule has 0 spiro atoms. The van der Waals surface area contributed by atoms with Crippen LogP contribution in [-0.4, -0.2) is 45.1 Å². The van der Waals surface area contributed by atoms with Crippen molar-refractivity contribution < 1.29 is 4.79 Å². The molecule has 0 aliphatic carbocycles. The number of hydrogen-bond acceptors (Lipinski definition) is 4. The summed E-state index contributed by atoms with van der Waals surface area (Å²) in [6.07, 6.45) is 3.44. The normalized spacial score (nSPS) is 19.3. The van der Waals surface area contributed by atoms with Crippen molar-refractivity contribution in [2.75, 3.05) is 13.1 Å². The van der Waals surface area contributed by atoms with E-state index in [-0.39, 0.29) is 17.8 Å². The zero-order valence-electron chi connectivity index (χ0n) is 11.8. The van der Waals surface area contributed by atoms with Crippen molar-refractivity contribution in [1.82, 2.24) is 25.4 Å².